The first-order valence-corrected chi connectivity index (χ1v) is 11.8. The van der Waals surface area contributed by atoms with Crippen molar-refractivity contribution in [3.05, 3.63) is 76.7 Å². The highest BCUT2D eigenvalue weighted by Crippen LogP contribution is 2.44. The zero-order valence-corrected chi connectivity index (χ0v) is 20.0. The van der Waals surface area contributed by atoms with E-state index in [2.05, 4.69) is 22.4 Å². The molecule has 178 valence electrons. The zero-order valence-electron chi connectivity index (χ0n) is 20.0. The van der Waals surface area contributed by atoms with Crippen molar-refractivity contribution >= 4 is 5.91 Å². The number of fused-ring (bicyclic) bond motifs is 1. The highest BCUT2D eigenvalue weighted by molar-refractivity contribution is 5.94. The normalized spacial score (nSPS) is 19.3. The molecule has 2 aromatic carbocycles. The number of carbonyl (C=O) groups is 1. The molecule has 2 aliphatic rings. The van der Waals surface area contributed by atoms with Crippen LogP contribution in [-0.2, 0) is 6.61 Å². The number of aryl methyl sites for hydroxylation is 2. The van der Waals surface area contributed by atoms with Crippen LogP contribution >= 0.6 is 0 Å². The molecular formula is C27H31N3O4. The standard InChI is InChI=1S/C27H31N3O4/c1-18-23(19(2)34-29-18)17-32-21-10-8-20(9-11-21)26(31)28-24-16-27(12-14-30(3)15-13-27)33-25-7-5-4-6-22(24)25/h4-11,24H,12-17H2,1-3H3,(H,28,31)/t24-/m1/s1. The summed E-state index contributed by atoms with van der Waals surface area (Å²) in [7, 11) is 2.14. The fourth-order valence-electron chi connectivity index (χ4n) is 4.89. The van der Waals surface area contributed by atoms with E-state index in [1.54, 1.807) is 12.1 Å². The lowest BCUT2D eigenvalue weighted by atomic mass is 9.80. The van der Waals surface area contributed by atoms with E-state index in [9.17, 15) is 4.79 Å². The van der Waals surface area contributed by atoms with E-state index in [0.717, 1.165) is 60.7 Å². The molecule has 0 saturated carbocycles. The van der Waals surface area contributed by atoms with Gasteiger partial charge in [0, 0.05) is 30.6 Å². The highest BCUT2D eigenvalue weighted by atomic mass is 16.5. The minimum absolute atomic E-state index is 0.0867. The van der Waals surface area contributed by atoms with Gasteiger partial charge < -0.3 is 24.2 Å². The van der Waals surface area contributed by atoms with Gasteiger partial charge in [-0.25, -0.2) is 0 Å². The van der Waals surface area contributed by atoms with E-state index >= 15 is 0 Å². The predicted molar refractivity (Wildman–Crippen MR) is 128 cm³/mol. The number of nitrogens with one attached hydrogen (secondary N) is 1. The van der Waals surface area contributed by atoms with Crippen LogP contribution in [0.3, 0.4) is 0 Å². The first kappa shape index (κ1) is 22.5. The third kappa shape index (κ3) is 4.53. The number of para-hydroxylation sites is 1. The van der Waals surface area contributed by atoms with Gasteiger partial charge in [-0.3, -0.25) is 4.79 Å². The Hall–Kier alpha value is -3.32. The Bertz CT molecular complexity index is 1140. The largest absolute Gasteiger partial charge is 0.489 e. The molecule has 1 N–H and O–H groups in total. The number of aromatic nitrogens is 1. The molecule has 1 amide bonds. The van der Waals surface area contributed by atoms with Gasteiger partial charge in [0.1, 0.15) is 29.5 Å². The average molecular weight is 462 g/mol. The summed E-state index contributed by atoms with van der Waals surface area (Å²) < 4.78 is 17.6. The van der Waals surface area contributed by atoms with Crippen LogP contribution in [0, 0.1) is 13.8 Å². The Labute approximate surface area is 200 Å². The number of hydrogen-bond donors (Lipinski definition) is 1. The molecule has 34 heavy (non-hydrogen) atoms. The number of carbonyl (C=O) groups excluding carboxylic acids is 1. The van der Waals surface area contributed by atoms with E-state index < -0.39 is 0 Å². The van der Waals surface area contributed by atoms with Gasteiger partial charge in [-0.1, -0.05) is 23.4 Å². The van der Waals surface area contributed by atoms with Crippen molar-refractivity contribution in [3.63, 3.8) is 0 Å². The van der Waals surface area contributed by atoms with Crippen LogP contribution in [-0.4, -0.2) is 41.7 Å². The lowest BCUT2D eigenvalue weighted by molar-refractivity contribution is -0.0195. The predicted octanol–water partition coefficient (Wildman–Crippen LogP) is 4.59. The summed E-state index contributed by atoms with van der Waals surface area (Å²) in [6.45, 7) is 6.14. The zero-order chi connectivity index (χ0) is 23.7. The summed E-state index contributed by atoms with van der Waals surface area (Å²) in [5, 5.41) is 7.22. The van der Waals surface area contributed by atoms with Crippen molar-refractivity contribution in [1.82, 2.24) is 15.4 Å². The summed E-state index contributed by atoms with van der Waals surface area (Å²) in [5.74, 6) is 2.24. The lowest BCUT2D eigenvalue weighted by Gasteiger charge is -2.46. The van der Waals surface area contributed by atoms with Crippen molar-refractivity contribution in [2.75, 3.05) is 20.1 Å². The summed E-state index contributed by atoms with van der Waals surface area (Å²) in [6.07, 6.45) is 2.70. The quantitative estimate of drug-likeness (QED) is 0.599. The molecule has 1 spiro atoms. The van der Waals surface area contributed by atoms with Crippen LogP contribution < -0.4 is 14.8 Å². The molecule has 3 aromatic rings. The van der Waals surface area contributed by atoms with E-state index in [0.29, 0.717) is 17.9 Å². The van der Waals surface area contributed by atoms with Gasteiger partial charge in [-0.05, 0) is 64.1 Å². The molecule has 5 rings (SSSR count). The number of rotatable bonds is 5. The number of hydrogen-bond acceptors (Lipinski definition) is 6. The summed E-state index contributed by atoms with van der Waals surface area (Å²) in [6, 6.07) is 15.2. The lowest BCUT2D eigenvalue weighted by Crippen LogP contribution is -2.51. The summed E-state index contributed by atoms with van der Waals surface area (Å²) >= 11 is 0. The van der Waals surface area contributed by atoms with E-state index in [4.69, 9.17) is 14.0 Å². The summed E-state index contributed by atoms with van der Waals surface area (Å²) in [4.78, 5) is 15.5. The maximum Gasteiger partial charge on any atom is 0.251 e. The minimum Gasteiger partial charge on any atom is -0.489 e. The third-order valence-corrected chi connectivity index (χ3v) is 7.08. The SMILES string of the molecule is Cc1noc(C)c1COc1ccc(C(=O)N[C@@H]2CC3(CCN(C)CC3)Oc3ccccc32)cc1. The Morgan fingerprint density at radius 1 is 1.15 bits per heavy atom. The Morgan fingerprint density at radius 3 is 2.59 bits per heavy atom. The second-order valence-corrected chi connectivity index (χ2v) is 9.47. The molecule has 2 aliphatic heterocycles. The van der Waals surface area contributed by atoms with Gasteiger partial charge in [-0.15, -0.1) is 0 Å². The molecule has 0 unspecified atom stereocenters. The molecule has 7 heteroatoms. The molecule has 1 fully saturated rings. The smallest absolute Gasteiger partial charge is 0.251 e. The molecule has 0 aliphatic carbocycles. The first-order valence-electron chi connectivity index (χ1n) is 11.8. The van der Waals surface area contributed by atoms with Gasteiger partial charge >= 0.3 is 0 Å². The van der Waals surface area contributed by atoms with Crippen molar-refractivity contribution in [3.8, 4) is 11.5 Å². The number of amides is 1. The molecule has 7 nitrogen and oxygen atoms in total. The summed E-state index contributed by atoms with van der Waals surface area (Å²) in [5.41, 5.74) is 3.19. The molecule has 0 bridgehead atoms. The van der Waals surface area contributed by atoms with Crippen LogP contribution in [0.15, 0.2) is 53.1 Å². The second kappa shape index (κ2) is 9.14. The topological polar surface area (TPSA) is 76.8 Å². The third-order valence-electron chi connectivity index (χ3n) is 7.08. The number of benzene rings is 2. The van der Waals surface area contributed by atoms with Crippen LogP contribution in [0.5, 0.6) is 11.5 Å². The number of ether oxygens (including phenoxy) is 2. The molecule has 0 radical (unpaired) electrons. The van der Waals surface area contributed by atoms with Gasteiger partial charge in [-0.2, -0.15) is 0 Å². The van der Waals surface area contributed by atoms with Gasteiger partial charge in [0.2, 0.25) is 0 Å². The first-order chi connectivity index (χ1) is 16.4. The van der Waals surface area contributed by atoms with Gasteiger partial charge in [0.15, 0.2) is 0 Å². The number of nitrogens with zero attached hydrogens (tertiary/aromatic N) is 2. The monoisotopic (exact) mass is 461 g/mol. The van der Waals surface area contributed by atoms with E-state index in [1.807, 2.05) is 50.2 Å². The second-order valence-electron chi connectivity index (χ2n) is 9.47. The molecule has 3 heterocycles. The van der Waals surface area contributed by atoms with Crippen molar-refractivity contribution in [1.29, 1.82) is 0 Å². The van der Waals surface area contributed by atoms with Crippen molar-refractivity contribution in [2.24, 2.45) is 0 Å². The molecule has 1 atom stereocenters. The molecule has 1 saturated heterocycles. The van der Waals surface area contributed by atoms with Crippen LogP contribution in [0.25, 0.3) is 0 Å². The van der Waals surface area contributed by atoms with Crippen LogP contribution in [0.1, 0.15) is 58.2 Å². The fourth-order valence-corrected chi connectivity index (χ4v) is 4.89. The van der Waals surface area contributed by atoms with Gasteiger partial charge in [0.05, 0.1) is 17.3 Å². The fraction of sp³-hybridized carbons (Fsp3) is 0.407. The maximum atomic E-state index is 13.2. The Kier molecular flexibility index (Phi) is 6.04. The van der Waals surface area contributed by atoms with Crippen molar-refractivity contribution in [2.45, 2.75) is 51.4 Å². The highest BCUT2D eigenvalue weighted by Gasteiger charge is 2.43. The van der Waals surface area contributed by atoms with Crippen molar-refractivity contribution < 1.29 is 18.8 Å². The van der Waals surface area contributed by atoms with E-state index in [-0.39, 0.29) is 17.6 Å². The van der Waals surface area contributed by atoms with Crippen LogP contribution in [0.4, 0.5) is 0 Å². The molecular weight excluding hydrogens is 430 g/mol. The van der Waals surface area contributed by atoms with E-state index in [1.165, 1.54) is 0 Å². The average Bonchev–Trinajstić information content (AvgIpc) is 3.17. The Balaban J connectivity index is 1.27. The Morgan fingerprint density at radius 2 is 1.88 bits per heavy atom. The maximum absolute atomic E-state index is 13.2. The molecule has 1 aromatic heterocycles. The minimum atomic E-state index is -0.227. The van der Waals surface area contributed by atoms with Gasteiger partial charge in [0.25, 0.3) is 5.91 Å². The van der Waals surface area contributed by atoms with Crippen LogP contribution in [0.2, 0.25) is 0 Å². The number of likely N-dealkylation sites (tertiary alicyclic amines) is 1. The number of piperidine rings is 1.